The van der Waals surface area contributed by atoms with Gasteiger partial charge in [0, 0.05) is 0 Å². The van der Waals surface area contributed by atoms with Gasteiger partial charge in [-0.15, -0.1) is 0 Å². The molecule has 0 aliphatic carbocycles. The van der Waals surface area contributed by atoms with E-state index < -0.39 is 0 Å². The first-order chi connectivity index (χ1) is 14.1. The number of unbranched alkanes of at least 4 members (excludes halogenated alkanes) is 5. The Labute approximate surface area is 176 Å². The van der Waals surface area contributed by atoms with Crippen molar-refractivity contribution in [2.45, 2.75) is 84.7 Å². The number of aryl methyl sites for hydroxylation is 1. The van der Waals surface area contributed by atoms with Gasteiger partial charge in [-0.2, -0.15) is 0 Å². The maximum atomic E-state index is 12.4. The van der Waals surface area contributed by atoms with Crippen LogP contribution in [0.2, 0.25) is 0 Å². The Morgan fingerprint density at radius 3 is 2.07 bits per heavy atom. The van der Waals surface area contributed by atoms with Gasteiger partial charge in [0.25, 0.3) is 0 Å². The third-order valence-electron chi connectivity index (χ3n) is 5.09. The van der Waals surface area contributed by atoms with E-state index in [2.05, 4.69) is 20.8 Å². The SMILES string of the molecule is CCCCCCC(C)Oc1ccc(OC(=O)c2ccc(CCCCC)cc2)cc1. The Morgan fingerprint density at radius 1 is 0.793 bits per heavy atom. The summed E-state index contributed by atoms with van der Waals surface area (Å²) in [4.78, 5) is 12.4. The zero-order valence-electron chi connectivity index (χ0n) is 18.3. The summed E-state index contributed by atoms with van der Waals surface area (Å²) in [5, 5.41) is 0. The second kappa shape index (κ2) is 13.0. The lowest BCUT2D eigenvalue weighted by Gasteiger charge is -2.15. The topological polar surface area (TPSA) is 35.5 Å². The minimum absolute atomic E-state index is 0.191. The average molecular weight is 397 g/mol. The minimum atomic E-state index is -0.330. The van der Waals surface area contributed by atoms with Crippen molar-refractivity contribution in [2.24, 2.45) is 0 Å². The number of carbonyl (C=O) groups excluding carboxylic acids is 1. The molecule has 0 aromatic heterocycles. The summed E-state index contributed by atoms with van der Waals surface area (Å²) in [5.74, 6) is 1.01. The second-order valence-corrected chi connectivity index (χ2v) is 7.79. The van der Waals surface area contributed by atoms with E-state index in [1.807, 2.05) is 36.4 Å². The molecule has 2 aromatic carbocycles. The lowest BCUT2D eigenvalue weighted by atomic mass is 10.1. The van der Waals surface area contributed by atoms with Crippen molar-refractivity contribution in [1.82, 2.24) is 0 Å². The van der Waals surface area contributed by atoms with E-state index in [1.165, 1.54) is 50.5 Å². The van der Waals surface area contributed by atoms with Gasteiger partial charge in [-0.05, 0) is 74.6 Å². The summed E-state index contributed by atoms with van der Waals surface area (Å²) < 4.78 is 11.4. The predicted octanol–water partition coefficient (Wildman–Crippen LogP) is 7.38. The summed E-state index contributed by atoms with van der Waals surface area (Å²) in [6, 6.07) is 15.0. The van der Waals surface area contributed by atoms with Gasteiger partial charge in [0.15, 0.2) is 0 Å². The third-order valence-corrected chi connectivity index (χ3v) is 5.09. The van der Waals surface area contributed by atoms with Crippen molar-refractivity contribution in [2.75, 3.05) is 0 Å². The van der Waals surface area contributed by atoms with Crippen molar-refractivity contribution in [1.29, 1.82) is 0 Å². The third kappa shape index (κ3) is 8.72. The normalized spacial score (nSPS) is 11.8. The smallest absolute Gasteiger partial charge is 0.343 e. The summed E-state index contributed by atoms with van der Waals surface area (Å²) >= 11 is 0. The zero-order chi connectivity index (χ0) is 20.9. The number of benzene rings is 2. The summed E-state index contributed by atoms with van der Waals surface area (Å²) in [6.45, 7) is 6.52. The van der Waals surface area contributed by atoms with Crippen LogP contribution < -0.4 is 9.47 Å². The predicted molar refractivity (Wildman–Crippen MR) is 120 cm³/mol. The maximum Gasteiger partial charge on any atom is 0.343 e. The van der Waals surface area contributed by atoms with E-state index in [1.54, 1.807) is 12.1 Å². The van der Waals surface area contributed by atoms with Crippen molar-refractivity contribution < 1.29 is 14.3 Å². The lowest BCUT2D eigenvalue weighted by Crippen LogP contribution is -2.11. The molecular weight excluding hydrogens is 360 g/mol. The number of rotatable bonds is 13. The lowest BCUT2D eigenvalue weighted by molar-refractivity contribution is 0.0734. The molecular formula is C26H36O3. The Hall–Kier alpha value is -2.29. The van der Waals surface area contributed by atoms with Crippen LogP contribution in [-0.2, 0) is 6.42 Å². The maximum absolute atomic E-state index is 12.4. The first-order valence-corrected chi connectivity index (χ1v) is 11.2. The second-order valence-electron chi connectivity index (χ2n) is 7.79. The van der Waals surface area contributed by atoms with Gasteiger partial charge in [0.1, 0.15) is 11.5 Å². The molecule has 0 saturated heterocycles. The van der Waals surface area contributed by atoms with E-state index in [9.17, 15) is 4.79 Å². The van der Waals surface area contributed by atoms with E-state index >= 15 is 0 Å². The Balaban J connectivity index is 1.80. The van der Waals surface area contributed by atoms with E-state index in [0.29, 0.717) is 11.3 Å². The molecule has 0 saturated carbocycles. The van der Waals surface area contributed by atoms with Gasteiger partial charge in [0.2, 0.25) is 0 Å². The fraction of sp³-hybridized carbons (Fsp3) is 0.500. The standard InChI is InChI=1S/C26H36O3/c1-4-6-8-10-11-21(3)28-24-17-19-25(20-18-24)29-26(27)23-15-13-22(14-16-23)12-9-7-5-2/h13-21H,4-12H2,1-3H3. The van der Waals surface area contributed by atoms with Crippen LogP contribution in [0.4, 0.5) is 0 Å². The fourth-order valence-corrected chi connectivity index (χ4v) is 3.29. The van der Waals surface area contributed by atoms with Crippen LogP contribution in [-0.4, -0.2) is 12.1 Å². The average Bonchev–Trinajstić information content (AvgIpc) is 2.73. The van der Waals surface area contributed by atoms with Crippen molar-refractivity contribution in [3.63, 3.8) is 0 Å². The van der Waals surface area contributed by atoms with Gasteiger partial charge in [-0.25, -0.2) is 4.79 Å². The molecule has 0 spiro atoms. The molecule has 0 amide bonds. The van der Waals surface area contributed by atoms with Crippen LogP contribution >= 0.6 is 0 Å². The molecule has 0 heterocycles. The molecule has 2 aromatic rings. The van der Waals surface area contributed by atoms with Gasteiger partial charge in [-0.3, -0.25) is 0 Å². The zero-order valence-corrected chi connectivity index (χ0v) is 18.3. The van der Waals surface area contributed by atoms with Gasteiger partial charge >= 0.3 is 5.97 Å². The highest BCUT2D eigenvalue weighted by molar-refractivity contribution is 5.91. The number of hydrogen-bond acceptors (Lipinski definition) is 3. The van der Waals surface area contributed by atoms with Crippen LogP contribution in [0.3, 0.4) is 0 Å². The molecule has 0 aliphatic rings. The molecule has 29 heavy (non-hydrogen) atoms. The molecule has 0 bridgehead atoms. The van der Waals surface area contributed by atoms with Gasteiger partial charge in [-0.1, -0.05) is 58.1 Å². The van der Waals surface area contributed by atoms with Crippen molar-refractivity contribution in [3.05, 3.63) is 59.7 Å². The van der Waals surface area contributed by atoms with E-state index in [4.69, 9.17) is 9.47 Å². The van der Waals surface area contributed by atoms with Crippen LogP contribution in [0.25, 0.3) is 0 Å². The molecule has 1 atom stereocenters. The van der Waals surface area contributed by atoms with Crippen LogP contribution in [0.5, 0.6) is 11.5 Å². The molecule has 3 heteroatoms. The molecule has 0 radical (unpaired) electrons. The molecule has 0 fully saturated rings. The molecule has 2 rings (SSSR count). The molecule has 0 N–H and O–H groups in total. The van der Waals surface area contributed by atoms with Crippen molar-refractivity contribution >= 4 is 5.97 Å². The Bertz CT molecular complexity index is 704. The Kier molecular flexibility index (Phi) is 10.3. The number of esters is 1. The van der Waals surface area contributed by atoms with Gasteiger partial charge in [0.05, 0.1) is 11.7 Å². The molecule has 3 nitrogen and oxygen atoms in total. The van der Waals surface area contributed by atoms with Crippen LogP contribution in [0, 0.1) is 0 Å². The van der Waals surface area contributed by atoms with Crippen molar-refractivity contribution in [3.8, 4) is 11.5 Å². The summed E-state index contributed by atoms with van der Waals surface area (Å²) in [6.07, 6.45) is 10.9. The largest absolute Gasteiger partial charge is 0.491 e. The molecule has 0 aliphatic heterocycles. The highest BCUT2D eigenvalue weighted by atomic mass is 16.5. The monoisotopic (exact) mass is 396 g/mol. The van der Waals surface area contributed by atoms with Crippen LogP contribution in [0.15, 0.2) is 48.5 Å². The molecule has 158 valence electrons. The van der Waals surface area contributed by atoms with Gasteiger partial charge < -0.3 is 9.47 Å². The molecule has 1 unspecified atom stereocenters. The summed E-state index contributed by atoms with van der Waals surface area (Å²) in [7, 11) is 0. The minimum Gasteiger partial charge on any atom is -0.491 e. The van der Waals surface area contributed by atoms with Crippen LogP contribution in [0.1, 0.15) is 88.1 Å². The van der Waals surface area contributed by atoms with E-state index in [-0.39, 0.29) is 12.1 Å². The number of hydrogen-bond donors (Lipinski definition) is 0. The number of carbonyl (C=O) groups is 1. The highest BCUT2D eigenvalue weighted by Gasteiger charge is 2.10. The first kappa shape index (κ1) is 23.0. The summed E-state index contributed by atoms with van der Waals surface area (Å²) in [5.41, 5.74) is 1.84. The quantitative estimate of drug-likeness (QED) is 0.201. The fourth-order valence-electron chi connectivity index (χ4n) is 3.29. The highest BCUT2D eigenvalue weighted by Crippen LogP contribution is 2.21. The van der Waals surface area contributed by atoms with E-state index in [0.717, 1.165) is 18.6 Å². The Morgan fingerprint density at radius 2 is 1.41 bits per heavy atom. The number of ether oxygens (including phenoxy) is 2. The first-order valence-electron chi connectivity index (χ1n) is 11.2.